The molecule has 0 aromatic heterocycles. The van der Waals surface area contributed by atoms with E-state index in [0.29, 0.717) is 0 Å². The molecule has 4 atom stereocenters. The molecule has 4 unspecified atom stereocenters. The van der Waals surface area contributed by atoms with Gasteiger partial charge in [-0.1, -0.05) is 59.8 Å². The van der Waals surface area contributed by atoms with E-state index in [9.17, 15) is 0 Å². The minimum atomic E-state index is 1.17. The van der Waals surface area contributed by atoms with Gasteiger partial charge in [0.25, 0.3) is 0 Å². The zero-order valence-corrected chi connectivity index (χ0v) is 15.2. The lowest BCUT2D eigenvalue weighted by atomic mass is 9.82. The highest BCUT2D eigenvalue weighted by molar-refractivity contribution is 4.98. The van der Waals surface area contributed by atoms with Crippen molar-refractivity contribution in [2.24, 2.45) is 35.5 Å². The van der Waals surface area contributed by atoms with Gasteiger partial charge in [-0.15, -0.1) is 0 Å². The molecular weight excluding hydrogens is 252 g/mol. The normalized spacial score (nSPS) is 44.0. The third-order valence-corrected chi connectivity index (χ3v) is 6.98. The highest BCUT2D eigenvalue weighted by atomic mass is 14.5. The lowest BCUT2D eigenvalue weighted by molar-refractivity contribution is 0.259. The molecule has 0 aliphatic heterocycles. The van der Waals surface area contributed by atoms with Crippen LogP contribution in [0.25, 0.3) is 0 Å². The highest BCUT2D eigenvalue weighted by Gasteiger charge is 2.48. The van der Waals surface area contributed by atoms with Crippen molar-refractivity contribution in [3.05, 3.63) is 0 Å². The molecule has 5 aliphatic carbocycles. The molecule has 5 rings (SSSR count). The molecule has 5 fully saturated rings. The standard InChI is InChI=1S/C10H16.C7H12.2C2H6/c1-2-9-7-4-5-8(6-7)10(9)3-1;1-2-7-4-3-6(1)5-7;2*1-2/h7-10H,1-6H2;6-7H,1-5H2;2*1-2H3. The minimum absolute atomic E-state index is 1.17. The van der Waals surface area contributed by atoms with Crippen LogP contribution in [0.15, 0.2) is 0 Å². The Morgan fingerprint density at radius 2 is 0.905 bits per heavy atom. The predicted octanol–water partition coefficient (Wildman–Crippen LogP) is 7.08. The summed E-state index contributed by atoms with van der Waals surface area (Å²) in [6.07, 6.45) is 17.4. The van der Waals surface area contributed by atoms with Gasteiger partial charge in [0.15, 0.2) is 0 Å². The van der Waals surface area contributed by atoms with Gasteiger partial charge in [-0.2, -0.15) is 0 Å². The number of hydrogen-bond donors (Lipinski definition) is 0. The van der Waals surface area contributed by atoms with E-state index in [0.717, 1.165) is 0 Å². The quantitative estimate of drug-likeness (QED) is 0.447. The van der Waals surface area contributed by atoms with Crippen LogP contribution < -0.4 is 0 Å². The van der Waals surface area contributed by atoms with Gasteiger partial charge >= 0.3 is 0 Å². The topological polar surface area (TPSA) is 0 Å². The van der Waals surface area contributed by atoms with Gasteiger partial charge in [0, 0.05) is 0 Å². The second kappa shape index (κ2) is 8.59. The zero-order valence-electron chi connectivity index (χ0n) is 15.2. The van der Waals surface area contributed by atoms with Gasteiger partial charge < -0.3 is 0 Å². The van der Waals surface area contributed by atoms with E-state index in [2.05, 4.69) is 0 Å². The Hall–Kier alpha value is 0. The van der Waals surface area contributed by atoms with E-state index >= 15 is 0 Å². The summed E-state index contributed by atoms with van der Waals surface area (Å²) < 4.78 is 0. The van der Waals surface area contributed by atoms with Crippen LogP contribution in [-0.4, -0.2) is 0 Å². The minimum Gasteiger partial charge on any atom is -0.0683 e. The number of hydrogen-bond acceptors (Lipinski definition) is 0. The lowest BCUT2D eigenvalue weighted by Crippen LogP contribution is -2.15. The molecule has 0 N–H and O–H groups in total. The second-order valence-electron chi connectivity index (χ2n) is 7.71. The lowest BCUT2D eigenvalue weighted by Gasteiger charge is -2.23. The van der Waals surface area contributed by atoms with E-state index in [1.54, 1.807) is 70.6 Å². The van der Waals surface area contributed by atoms with Crippen molar-refractivity contribution in [3.63, 3.8) is 0 Å². The smallest absolute Gasteiger partial charge is 0.0355 e. The summed E-state index contributed by atoms with van der Waals surface area (Å²) >= 11 is 0. The van der Waals surface area contributed by atoms with Crippen LogP contribution in [0.5, 0.6) is 0 Å². The first-order valence-corrected chi connectivity index (χ1v) is 10.4. The zero-order chi connectivity index (χ0) is 15.2. The van der Waals surface area contributed by atoms with Crippen LogP contribution in [0.1, 0.15) is 98.3 Å². The molecule has 0 radical (unpaired) electrons. The fourth-order valence-electron chi connectivity index (χ4n) is 6.19. The SMILES string of the molecule is C1CC2C3CCC(C3)C2C1.C1CC2CCC1C2.CC.CC. The Kier molecular flexibility index (Phi) is 7.10. The van der Waals surface area contributed by atoms with Crippen molar-refractivity contribution < 1.29 is 0 Å². The van der Waals surface area contributed by atoms with Gasteiger partial charge in [0.05, 0.1) is 0 Å². The molecule has 0 heteroatoms. The van der Waals surface area contributed by atoms with E-state index in [1.165, 1.54) is 35.5 Å². The van der Waals surface area contributed by atoms with Gasteiger partial charge in [0.1, 0.15) is 0 Å². The van der Waals surface area contributed by atoms with Crippen LogP contribution in [0.4, 0.5) is 0 Å². The van der Waals surface area contributed by atoms with Gasteiger partial charge in [-0.05, 0) is 74.0 Å². The molecule has 0 aromatic carbocycles. The molecule has 21 heavy (non-hydrogen) atoms. The average molecular weight is 293 g/mol. The Morgan fingerprint density at radius 1 is 0.476 bits per heavy atom. The van der Waals surface area contributed by atoms with Crippen LogP contribution in [-0.2, 0) is 0 Å². The molecule has 0 amide bonds. The fourth-order valence-corrected chi connectivity index (χ4v) is 6.19. The summed E-state index contributed by atoms with van der Waals surface area (Å²) in [7, 11) is 0. The van der Waals surface area contributed by atoms with E-state index in [1.807, 2.05) is 27.7 Å². The second-order valence-corrected chi connectivity index (χ2v) is 7.71. The first kappa shape index (κ1) is 17.4. The number of rotatable bonds is 0. The molecule has 0 heterocycles. The maximum Gasteiger partial charge on any atom is -0.0355 e. The maximum absolute atomic E-state index is 2.00. The first-order chi connectivity index (χ1) is 10.4. The predicted molar refractivity (Wildman–Crippen MR) is 94.4 cm³/mol. The Bertz CT molecular complexity index is 248. The maximum atomic E-state index is 2.00. The van der Waals surface area contributed by atoms with Crippen LogP contribution in [0.2, 0.25) is 0 Å². The van der Waals surface area contributed by atoms with Gasteiger partial charge in [-0.3, -0.25) is 0 Å². The van der Waals surface area contributed by atoms with Crippen molar-refractivity contribution in [3.8, 4) is 0 Å². The highest BCUT2D eigenvalue weighted by Crippen LogP contribution is 2.58. The molecule has 0 aromatic rings. The summed E-state index contributed by atoms with van der Waals surface area (Å²) in [6, 6.07) is 0. The molecule has 0 spiro atoms. The van der Waals surface area contributed by atoms with Crippen LogP contribution in [0, 0.1) is 35.5 Å². The molecular formula is C21H40. The molecule has 124 valence electrons. The largest absolute Gasteiger partial charge is 0.0683 e. The fraction of sp³-hybridized carbons (Fsp3) is 1.00. The van der Waals surface area contributed by atoms with E-state index in [-0.39, 0.29) is 0 Å². The van der Waals surface area contributed by atoms with Gasteiger partial charge in [-0.25, -0.2) is 0 Å². The molecule has 0 saturated heterocycles. The third-order valence-electron chi connectivity index (χ3n) is 6.98. The third kappa shape index (κ3) is 3.85. The summed E-state index contributed by atoms with van der Waals surface area (Å²) in [5.74, 6) is 7.14. The van der Waals surface area contributed by atoms with Crippen molar-refractivity contribution in [1.29, 1.82) is 0 Å². The van der Waals surface area contributed by atoms with Crippen molar-refractivity contribution in [1.82, 2.24) is 0 Å². The Labute approximate surface area is 134 Å². The first-order valence-electron chi connectivity index (χ1n) is 10.4. The average Bonchev–Trinajstić information content (AvgIpc) is 3.37. The van der Waals surface area contributed by atoms with Crippen molar-refractivity contribution in [2.75, 3.05) is 0 Å². The summed E-state index contributed by atoms with van der Waals surface area (Å²) in [4.78, 5) is 0. The summed E-state index contributed by atoms with van der Waals surface area (Å²) in [5.41, 5.74) is 0. The molecule has 5 saturated carbocycles. The van der Waals surface area contributed by atoms with E-state index < -0.39 is 0 Å². The molecule has 5 aliphatic rings. The van der Waals surface area contributed by atoms with Gasteiger partial charge in [0.2, 0.25) is 0 Å². The Morgan fingerprint density at radius 3 is 1.24 bits per heavy atom. The summed E-state index contributed by atoms with van der Waals surface area (Å²) in [5, 5.41) is 0. The molecule has 4 bridgehead atoms. The van der Waals surface area contributed by atoms with Crippen molar-refractivity contribution >= 4 is 0 Å². The monoisotopic (exact) mass is 292 g/mol. The van der Waals surface area contributed by atoms with E-state index in [4.69, 9.17) is 0 Å². The van der Waals surface area contributed by atoms with Crippen LogP contribution >= 0.6 is 0 Å². The molecule has 0 nitrogen and oxygen atoms in total. The van der Waals surface area contributed by atoms with Crippen LogP contribution in [0.3, 0.4) is 0 Å². The van der Waals surface area contributed by atoms with Crippen molar-refractivity contribution in [2.45, 2.75) is 98.3 Å². The summed E-state index contributed by atoms with van der Waals surface area (Å²) in [6.45, 7) is 8.00. The number of fused-ring (bicyclic) bond motifs is 7. The Balaban J connectivity index is 0.000000130.